The minimum Gasteiger partial charge on any atom is -0.316 e. The second-order valence-electron chi connectivity index (χ2n) is 6.25. The van der Waals surface area contributed by atoms with Gasteiger partial charge in [0.05, 0.1) is 0 Å². The Morgan fingerprint density at radius 2 is 2.20 bits per heavy atom. The Bertz CT molecular complexity index is 547. The number of piperidine rings is 1. The lowest BCUT2D eigenvalue weighted by Gasteiger charge is -2.36. The molecule has 3 heterocycles. The molecule has 1 saturated carbocycles. The van der Waals surface area contributed by atoms with E-state index in [0.29, 0.717) is 17.2 Å². The number of nitrogens with one attached hydrogen (secondary N) is 1. The van der Waals surface area contributed by atoms with Gasteiger partial charge in [0.1, 0.15) is 12.2 Å². The number of fused-ring (bicyclic) bond motifs is 1. The fourth-order valence-electron chi connectivity index (χ4n) is 3.76. The third kappa shape index (κ3) is 1.81. The standard InChI is InChI=1S/C14H18F2N4/c15-13(16)9-5-11(20-12(6-9)18-8-19-20)10-7-17-4-3-14(10)1-2-14/h5,8-10,13,17H,1-4,6-7H2/t9?,10-/m1/s1. The van der Waals surface area contributed by atoms with E-state index in [9.17, 15) is 8.78 Å². The number of hydrogen-bond acceptors (Lipinski definition) is 3. The lowest BCUT2D eigenvalue weighted by atomic mass is 9.79. The van der Waals surface area contributed by atoms with Crippen molar-refractivity contribution in [2.24, 2.45) is 17.3 Å². The second kappa shape index (κ2) is 4.35. The van der Waals surface area contributed by atoms with Crippen LogP contribution < -0.4 is 5.32 Å². The van der Waals surface area contributed by atoms with Crippen molar-refractivity contribution in [2.45, 2.75) is 32.1 Å². The van der Waals surface area contributed by atoms with Gasteiger partial charge in [0.2, 0.25) is 6.43 Å². The van der Waals surface area contributed by atoms with Crippen LogP contribution in [0.2, 0.25) is 0 Å². The molecule has 1 saturated heterocycles. The van der Waals surface area contributed by atoms with Gasteiger partial charge in [-0.15, -0.1) is 0 Å². The van der Waals surface area contributed by atoms with Gasteiger partial charge in [-0.2, -0.15) is 5.10 Å². The van der Waals surface area contributed by atoms with Crippen LogP contribution in [0, 0.1) is 17.3 Å². The number of alkyl halides is 2. The van der Waals surface area contributed by atoms with Gasteiger partial charge >= 0.3 is 0 Å². The summed E-state index contributed by atoms with van der Waals surface area (Å²) < 4.78 is 28.1. The molecular formula is C14H18F2N4. The molecule has 2 aliphatic heterocycles. The van der Waals surface area contributed by atoms with Crippen molar-refractivity contribution in [2.75, 3.05) is 13.1 Å². The fraction of sp³-hybridized carbons (Fsp3) is 0.714. The SMILES string of the molecule is FC(F)C1C=C([C@H]2CNCCC23CC3)n2ncnc2C1. The highest BCUT2D eigenvalue weighted by Crippen LogP contribution is 2.59. The molecule has 20 heavy (non-hydrogen) atoms. The number of hydrogen-bond donors (Lipinski definition) is 1. The number of nitrogens with zero attached hydrogens (tertiary/aromatic N) is 3. The largest absolute Gasteiger partial charge is 0.316 e. The zero-order valence-corrected chi connectivity index (χ0v) is 11.2. The molecule has 1 aromatic rings. The van der Waals surface area contributed by atoms with E-state index in [1.54, 1.807) is 10.8 Å². The summed E-state index contributed by atoms with van der Waals surface area (Å²) >= 11 is 0. The number of halogens is 2. The average Bonchev–Trinajstić information content (AvgIpc) is 3.03. The lowest BCUT2D eigenvalue weighted by Crippen LogP contribution is -2.41. The van der Waals surface area contributed by atoms with Crippen molar-refractivity contribution in [1.29, 1.82) is 0 Å². The predicted octanol–water partition coefficient (Wildman–Crippen LogP) is 1.95. The molecule has 1 aliphatic carbocycles. The van der Waals surface area contributed by atoms with Gasteiger partial charge in [-0.25, -0.2) is 18.4 Å². The quantitative estimate of drug-likeness (QED) is 0.900. The topological polar surface area (TPSA) is 42.7 Å². The fourth-order valence-corrected chi connectivity index (χ4v) is 3.76. The Hall–Kier alpha value is -1.30. The van der Waals surface area contributed by atoms with Crippen molar-refractivity contribution in [1.82, 2.24) is 20.1 Å². The van der Waals surface area contributed by atoms with Gasteiger partial charge in [-0.3, -0.25) is 0 Å². The summed E-state index contributed by atoms with van der Waals surface area (Å²) in [6.07, 6.45) is 4.74. The van der Waals surface area contributed by atoms with Crippen molar-refractivity contribution < 1.29 is 8.78 Å². The molecule has 0 aromatic carbocycles. The summed E-state index contributed by atoms with van der Waals surface area (Å²) in [7, 11) is 0. The first-order valence-corrected chi connectivity index (χ1v) is 7.29. The smallest absolute Gasteiger partial charge is 0.245 e. The Kier molecular flexibility index (Phi) is 2.70. The Balaban J connectivity index is 1.74. The monoisotopic (exact) mass is 280 g/mol. The lowest BCUT2D eigenvalue weighted by molar-refractivity contribution is 0.0967. The first-order valence-electron chi connectivity index (χ1n) is 7.29. The van der Waals surface area contributed by atoms with Crippen LogP contribution in [0.3, 0.4) is 0 Å². The molecule has 0 radical (unpaired) electrons. The molecule has 1 spiro atoms. The molecule has 2 fully saturated rings. The number of rotatable bonds is 2. The highest BCUT2D eigenvalue weighted by molar-refractivity contribution is 5.53. The van der Waals surface area contributed by atoms with Gasteiger partial charge in [0.15, 0.2) is 0 Å². The van der Waals surface area contributed by atoms with Crippen LogP contribution in [-0.4, -0.2) is 34.3 Å². The normalized spacial score (nSPS) is 31.2. The maximum atomic E-state index is 13.2. The van der Waals surface area contributed by atoms with E-state index in [1.165, 1.54) is 19.2 Å². The van der Waals surface area contributed by atoms with Crippen LogP contribution in [0.1, 0.15) is 25.1 Å². The van der Waals surface area contributed by atoms with E-state index in [1.807, 2.05) is 0 Å². The molecule has 108 valence electrons. The summed E-state index contributed by atoms with van der Waals surface area (Å²) in [6, 6.07) is 0. The molecule has 3 aliphatic rings. The van der Waals surface area contributed by atoms with E-state index in [-0.39, 0.29) is 6.42 Å². The van der Waals surface area contributed by atoms with Gasteiger partial charge < -0.3 is 5.32 Å². The molecule has 4 nitrogen and oxygen atoms in total. The van der Waals surface area contributed by atoms with E-state index in [4.69, 9.17) is 0 Å². The van der Waals surface area contributed by atoms with Crippen LogP contribution in [0.4, 0.5) is 8.78 Å². The van der Waals surface area contributed by atoms with E-state index < -0.39 is 12.3 Å². The summed E-state index contributed by atoms with van der Waals surface area (Å²) in [5, 5.41) is 7.67. The van der Waals surface area contributed by atoms with Crippen LogP contribution in [0.25, 0.3) is 5.70 Å². The Labute approximate surface area is 116 Å². The molecule has 6 heteroatoms. The summed E-state index contributed by atoms with van der Waals surface area (Å²) in [5.41, 5.74) is 1.27. The first kappa shape index (κ1) is 12.4. The molecule has 2 atom stereocenters. The van der Waals surface area contributed by atoms with Crippen molar-refractivity contribution in [3.63, 3.8) is 0 Å². The minimum atomic E-state index is -2.33. The second-order valence-corrected chi connectivity index (χ2v) is 6.25. The third-order valence-electron chi connectivity index (χ3n) is 5.13. The molecule has 1 N–H and O–H groups in total. The number of aromatic nitrogens is 3. The van der Waals surface area contributed by atoms with Crippen LogP contribution >= 0.6 is 0 Å². The van der Waals surface area contributed by atoms with Gasteiger partial charge in [0.25, 0.3) is 0 Å². The molecule has 4 rings (SSSR count). The van der Waals surface area contributed by atoms with Gasteiger partial charge in [-0.05, 0) is 31.2 Å². The van der Waals surface area contributed by atoms with Crippen molar-refractivity contribution >= 4 is 5.70 Å². The maximum Gasteiger partial charge on any atom is 0.245 e. The van der Waals surface area contributed by atoms with Crippen LogP contribution in [-0.2, 0) is 6.42 Å². The molecular weight excluding hydrogens is 262 g/mol. The minimum absolute atomic E-state index is 0.286. The average molecular weight is 280 g/mol. The van der Waals surface area contributed by atoms with Crippen LogP contribution in [0.5, 0.6) is 0 Å². The van der Waals surface area contributed by atoms with Gasteiger partial charge in [-0.1, -0.05) is 6.08 Å². The van der Waals surface area contributed by atoms with Crippen molar-refractivity contribution in [3.8, 4) is 0 Å². The molecule has 1 aromatic heterocycles. The zero-order chi connectivity index (χ0) is 13.7. The zero-order valence-electron chi connectivity index (χ0n) is 11.2. The van der Waals surface area contributed by atoms with Gasteiger partial charge in [0, 0.05) is 30.5 Å². The molecule has 0 amide bonds. The van der Waals surface area contributed by atoms with E-state index in [0.717, 1.165) is 25.2 Å². The molecule has 1 unspecified atom stereocenters. The summed E-state index contributed by atoms with van der Waals surface area (Å²) in [6.45, 7) is 1.90. The summed E-state index contributed by atoms with van der Waals surface area (Å²) in [5.74, 6) is 0.242. The highest BCUT2D eigenvalue weighted by Gasteiger charge is 2.52. The summed E-state index contributed by atoms with van der Waals surface area (Å²) in [4.78, 5) is 4.16. The Morgan fingerprint density at radius 3 is 2.95 bits per heavy atom. The third-order valence-corrected chi connectivity index (χ3v) is 5.13. The Morgan fingerprint density at radius 1 is 1.35 bits per heavy atom. The van der Waals surface area contributed by atoms with Crippen molar-refractivity contribution in [3.05, 3.63) is 18.2 Å². The predicted molar refractivity (Wildman–Crippen MR) is 70.1 cm³/mol. The highest BCUT2D eigenvalue weighted by atomic mass is 19.3. The molecule has 0 bridgehead atoms. The first-order chi connectivity index (χ1) is 9.70. The van der Waals surface area contributed by atoms with E-state index in [2.05, 4.69) is 15.4 Å². The van der Waals surface area contributed by atoms with E-state index >= 15 is 0 Å². The maximum absolute atomic E-state index is 13.2. The van der Waals surface area contributed by atoms with Crippen LogP contribution in [0.15, 0.2) is 12.4 Å². The number of allylic oxidation sites excluding steroid dienone is 1.